The van der Waals surface area contributed by atoms with Crippen molar-refractivity contribution in [3.63, 3.8) is 0 Å². The fourth-order valence-corrected chi connectivity index (χ4v) is 4.43. The van der Waals surface area contributed by atoms with Gasteiger partial charge >= 0.3 is 0 Å². The topological polar surface area (TPSA) is 51.7 Å². The first-order valence-corrected chi connectivity index (χ1v) is 10.4. The molecule has 5 rings (SSSR count). The number of carbonyl (C=O) groups excluding carboxylic acids is 1. The SMILES string of the molecule is O=C(Cc1ccc2c(c1)OCO2)N(Cc1ccccc1)c1nc2c(F)cc(F)cc2s1. The number of nitrogens with zero attached hydrogens (tertiary/aromatic N) is 2. The number of anilines is 1. The van der Waals surface area contributed by atoms with E-state index in [0.717, 1.165) is 28.5 Å². The summed E-state index contributed by atoms with van der Waals surface area (Å²) in [7, 11) is 0. The summed E-state index contributed by atoms with van der Waals surface area (Å²) in [6.45, 7) is 0.412. The Bertz CT molecular complexity index is 1280. The fraction of sp³-hybridized carbons (Fsp3) is 0.130. The number of amides is 1. The molecule has 0 bridgehead atoms. The number of rotatable bonds is 5. The minimum absolute atomic E-state index is 0.0512. The first kappa shape index (κ1) is 19.4. The lowest BCUT2D eigenvalue weighted by Gasteiger charge is -2.20. The maximum absolute atomic E-state index is 14.2. The summed E-state index contributed by atoms with van der Waals surface area (Å²) < 4.78 is 38.9. The summed E-state index contributed by atoms with van der Waals surface area (Å²) >= 11 is 1.08. The lowest BCUT2D eigenvalue weighted by Crippen LogP contribution is -2.31. The van der Waals surface area contributed by atoms with E-state index in [9.17, 15) is 13.6 Å². The van der Waals surface area contributed by atoms with Gasteiger partial charge in [-0.1, -0.05) is 47.7 Å². The molecule has 156 valence electrons. The zero-order chi connectivity index (χ0) is 21.4. The Kier molecular flexibility index (Phi) is 4.99. The molecule has 1 aliphatic rings. The second kappa shape index (κ2) is 7.96. The molecule has 0 aliphatic carbocycles. The van der Waals surface area contributed by atoms with Crippen molar-refractivity contribution in [3.8, 4) is 11.5 Å². The average molecular weight is 438 g/mol. The molecule has 1 aromatic heterocycles. The minimum atomic E-state index is -0.750. The summed E-state index contributed by atoms with van der Waals surface area (Å²) in [4.78, 5) is 19.1. The molecule has 4 aromatic rings. The number of aromatic nitrogens is 1. The van der Waals surface area contributed by atoms with Gasteiger partial charge in [-0.2, -0.15) is 0 Å². The van der Waals surface area contributed by atoms with Gasteiger partial charge in [0.1, 0.15) is 11.3 Å². The molecule has 5 nitrogen and oxygen atoms in total. The molecule has 3 aromatic carbocycles. The Labute approximate surface area is 180 Å². The maximum Gasteiger partial charge on any atom is 0.233 e. The van der Waals surface area contributed by atoms with Crippen molar-refractivity contribution in [3.05, 3.63) is 83.4 Å². The van der Waals surface area contributed by atoms with Crippen LogP contribution in [0.5, 0.6) is 11.5 Å². The molecule has 8 heteroatoms. The van der Waals surface area contributed by atoms with Gasteiger partial charge in [0.25, 0.3) is 0 Å². The lowest BCUT2D eigenvalue weighted by atomic mass is 10.1. The maximum atomic E-state index is 14.2. The number of hydrogen-bond donors (Lipinski definition) is 0. The number of benzene rings is 3. The van der Waals surface area contributed by atoms with E-state index in [1.54, 1.807) is 18.2 Å². The Balaban J connectivity index is 1.49. The van der Waals surface area contributed by atoms with E-state index in [0.29, 0.717) is 21.3 Å². The third-order valence-corrected chi connectivity index (χ3v) is 5.94. The highest BCUT2D eigenvalue weighted by Crippen LogP contribution is 2.34. The van der Waals surface area contributed by atoms with Crippen LogP contribution in [0.3, 0.4) is 0 Å². The molecule has 0 N–H and O–H groups in total. The first-order chi connectivity index (χ1) is 15.1. The highest BCUT2D eigenvalue weighted by Gasteiger charge is 2.23. The van der Waals surface area contributed by atoms with Gasteiger partial charge in [0.15, 0.2) is 22.4 Å². The van der Waals surface area contributed by atoms with Gasteiger partial charge in [0.05, 0.1) is 17.7 Å². The molecule has 0 atom stereocenters. The normalized spacial score (nSPS) is 12.3. The van der Waals surface area contributed by atoms with Crippen LogP contribution in [-0.4, -0.2) is 17.7 Å². The number of fused-ring (bicyclic) bond motifs is 2. The molecule has 2 heterocycles. The number of ether oxygens (including phenoxy) is 2. The van der Waals surface area contributed by atoms with E-state index in [1.807, 2.05) is 30.3 Å². The molecule has 0 saturated carbocycles. The molecular weight excluding hydrogens is 422 g/mol. The second-order valence-corrected chi connectivity index (χ2v) is 8.07. The quantitative estimate of drug-likeness (QED) is 0.436. The van der Waals surface area contributed by atoms with Crippen LogP contribution in [0.15, 0.2) is 60.7 Å². The predicted octanol–water partition coefficient (Wildman–Crippen LogP) is 5.08. The van der Waals surface area contributed by atoms with Crippen LogP contribution in [0, 0.1) is 11.6 Å². The van der Waals surface area contributed by atoms with Crippen LogP contribution >= 0.6 is 11.3 Å². The summed E-state index contributed by atoms with van der Waals surface area (Å²) in [6, 6.07) is 16.8. The molecule has 1 amide bonds. The van der Waals surface area contributed by atoms with Gasteiger partial charge in [0, 0.05) is 6.07 Å². The third-order valence-electron chi connectivity index (χ3n) is 4.91. The Morgan fingerprint density at radius 2 is 1.81 bits per heavy atom. The second-order valence-electron chi connectivity index (χ2n) is 7.06. The van der Waals surface area contributed by atoms with Gasteiger partial charge in [-0.25, -0.2) is 13.8 Å². The zero-order valence-corrected chi connectivity index (χ0v) is 17.0. The van der Waals surface area contributed by atoms with Gasteiger partial charge in [-0.05, 0) is 29.3 Å². The summed E-state index contributed by atoms with van der Waals surface area (Å²) in [5.41, 5.74) is 1.70. The molecular formula is C23H16F2N2O3S. The van der Waals surface area contributed by atoms with E-state index in [-0.39, 0.29) is 31.2 Å². The van der Waals surface area contributed by atoms with Crippen LogP contribution in [0.4, 0.5) is 13.9 Å². The van der Waals surface area contributed by atoms with Gasteiger partial charge in [-0.3, -0.25) is 9.69 Å². The number of hydrogen-bond acceptors (Lipinski definition) is 5. The molecule has 31 heavy (non-hydrogen) atoms. The Morgan fingerprint density at radius 3 is 2.65 bits per heavy atom. The fourth-order valence-electron chi connectivity index (χ4n) is 3.41. The standard InChI is InChI=1S/C23H16F2N2O3S/c24-16-10-17(25)22-20(11-16)31-23(26-22)27(12-14-4-2-1-3-5-14)21(28)9-15-6-7-18-19(8-15)30-13-29-18/h1-8,10-11H,9,12-13H2. The molecule has 0 fully saturated rings. The van der Waals surface area contributed by atoms with Crippen molar-refractivity contribution < 1.29 is 23.0 Å². The largest absolute Gasteiger partial charge is 0.454 e. The van der Waals surface area contributed by atoms with Crippen LogP contribution < -0.4 is 14.4 Å². The van der Waals surface area contributed by atoms with Crippen LogP contribution in [0.2, 0.25) is 0 Å². The van der Waals surface area contributed by atoms with E-state index >= 15 is 0 Å². The highest BCUT2D eigenvalue weighted by molar-refractivity contribution is 7.22. The first-order valence-electron chi connectivity index (χ1n) is 9.55. The van der Waals surface area contributed by atoms with Gasteiger partial charge < -0.3 is 9.47 Å². The highest BCUT2D eigenvalue weighted by atomic mass is 32.1. The van der Waals surface area contributed by atoms with E-state index in [2.05, 4.69) is 4.98 Å². The molecule has 1 aliphatic heterocycles. The molecule has 0 unspecified atom stereocenters. The molecule has 0 saturated heterocycles. The van der Waals surface area contributed by atoms with Crippen LogP contribution in [-0.2, 0) is 17.8 Å². The summed E-state index contributed by atoms with van der Waals surface area (Å²) in [5, 5.41) is 0.314. The average Bonchev–Trinajstić information content (AvgIpc) is 3.39. The predicted molar refractivity (Wildman–Crippen MR) is 113 cm³/mol. The van der Waals surface area contributed by atoms with Crippen molar-refractivity contribution in [2.75, 3.05) is 11.7 Å². The van der Waals surface area contributed by atoms with E-state index in [1.165, 1.54) is 11.0 Å². The van der Waals surface area contributed by atoms with Gasteiger partial charge in [-0.15, -0.1) is 0 Å². The number of halogens is 2. The Morgan fingerprint density at radius 1 is 1.00 bits per heavy atom. The minimum Gasteiger partial charge on any atom is -0.454 e. The number of carbonyl (C=O) groups is 1. The monoisotopic (exact) mass is 438 g/mol. The van der Waals surface area contributed by atoms with Crippen molar-refractivity contribution in [2.45, 2.75) is 13.0 Å². The Hall–Kier alpha value is -3.52. The summed E-state index contributed by atoms with van der Waals surface area (Å²) in [6.07, 6.45) is 0.0935. The van der Waals surface area contributed by atoms with Crippen molar-refractivity contribution in [1.29, 1.82) is 0 Å². The van der Waals surface area contributed by atoms with E-state index < -0.39 is 11.6 Å². The van der Waals surface area contributed by atoms with Crippen molar-refractivity contribution in [1.82, 2.24) is 4.98 Å². The lowest BCUT2D eigenvalue weighted by molar-refractivity contribution is -0.118. The number of thiazole rings is 1. The third kappa shape index (κ3) is 3.94. The van der Waals surface area contributed by atoms with Crippen molar-refractivity contribution >= 4 is 32.6 Å². The van der Waals surface area contributed by atoms with Crippen molar-refractivity contribution in [2.24, 2.45) is 0 Å². The smallest absolute Gasteiger partial charge is 0.233 e. The molecule has 0 spiro atoms. The van der Waals surface area contributed by atoms with Crippen LogP contribution in [0.1, 0.15) is 11.1 Å². The molecule has 0 radical (unpaired) electrons. The zero-order valence-electron chi connectivity index (χ0n) is 16.2. The van der Waals surface area contributed by atoms with Gasteiger partial charge in [0.2, 0.25) is 12.7 Å². The van der Waals surface area contributed by atoms with Crippen LogP contribution in [0.25, 0.3) is 10.2 Å². The van der Waals surface area contributed by atoms with E-state index in [4.69, 9.17) is 9.47 Å². The summed E-state index contributed by atoms with van der Waals surface area (Å²) in [5.74, 6) is -0.414.